The maximum absolute atomic E-state index is 12.4. The fraction of sp³-hybridized carbons (Fsp3) is 0.412. The molecule has 2 aromatic rings. The van der Waals surface area contributed by atoms with Gasteiger partial charge in [-0.1, -0.05) is 6.07 Å². The molecule has 0 saturated heterocycles. The fourth-order valence-corrected chi connectivity index (χ4v) is 4.68. The molecule has 0 fully saturated rings. The van der Waals surface area contributed by atoms with Crippen LogP contribution in [0.15, 0.2) is 23.6 Å². The number of nitrogens with one attached hydrogen (secondary N) is 1. The molecule has 0 saturated carbocycles. The third kappa shape index (κ3) is 3.64. The smallest absolute Gasteiger partial charge is 0.263 e. The average molecular weight is 348 g/mol. The summed E-state index contributed by atoms with van der Waals surface area (Å²) < 4.78 is 0. The summed E-state index contributed by atoms with van der Waals surface area (Å²) in [5.74, 6) is 0.179. The SMILES string of the molecule is CN(C)C(=O)c1cc2c(s1)CC[C@H](C(=O)NCc1cccs1)C2. The molecule has 2 aromatic heterocycles. The second-order valence-corrected chi connectivity index (χ2v) is 8.16. The standard InChI is InChI=1S/C17H20N2O2S2/c1-19(2)17(21)15-9-12-8-11(5-6-14(12)23-15)16(20)18-10-13-4-3-7-22-13/h3-4,7,9,11H,5-6,8,10H2,1-2H3,(H,18,20)/t11-/m0/s1. The maximum Gasteiger partial charge on any atom is 0.263 e. The lowest BCUT2D eigenvalue weighted by Gasteiger charge is -2.21. The molecular weight excluding hydrogens is 328 g/mol. The zero-order chi connectivity index (χ0) is 16.4. The van der Waals surface area contributed by atoms with Crippen molar-refractivity contribution in [2.24, 2.45) is 5.92 Å². The van der Waals surface area contributed by atoms with Gasteiger partial charge in [-0.2, -0.15) is 0 Å². The van der Waals surface area contributed by atoms with Gasteiger partial charge in [-0.15, -0.1) is 22.7 Å². The van der Waals surface area contributed by atoms with Gasteiger partial charge in [0.2, 0.25) is 5.91 Å². The van der Waals surface area contributed by atoms with Crippen molar-refractivity contribution in [3.8, 4) is 0 Å². The second-order valence-electron chi connectivity index (χ2n) is 6.00. The predicted molar refractivity (Wildman–Crippen MR) is 94.0 cm³/mol. The van der Waals surface area contributed by atoms with E-state index >= 15 is 0 Å². The Balaban J connectivity index is 1.63. The molecule has 122 valence electrons. The molecule has 3 rings (SSSR count). The van der Waals surface area contributed by atoms with Gasteiger partial charge in [0.25, 0.3) is 5.91 Å². The van der Waals surface area contributed by atoms with E-state index in [1.165, 1.54) is 15.3 Å². The predicted octanol–water partition coefficient (Wildman–Crippen LogP) is 2.93. The van der Waals surface area contributed by atoms with Crippen LogP contribution in [-0.4, -0.2) is 30.8 Å². The first-order valence-electron chi connectivity index (χ1n) is 7.68. The number of nitrogens with zero attached hydrogens (tertiary/aromatic N) is 1. The molecule has 1 aliphatic rings. The summed E-state index contributed by atoms with van der Waals surface area (Å²) in [5, 5.41) is 5.05. The minimum atomic E-state index is 0.0133. The largest absolute Gasteiger partial charge is 0.351 e. The van der Waals surface area contributed by atoms with Crippen molar-refractivity contribution in [3.05, 3.63) is 43.8 Å². The summed E-state index contributed by atoms with van der Waals surface area (Å²) in [6.07, 6.45) is 2.49. The van der Waals surface area contributed by atoms with Crippen LogP contribution in [0.25, 0.3) is 0 Å². The van der Waals surface area contributed by atoms with Crippen molar-refractivity contribution in [2.45, 2.75) is 25.8 Å². The zero-order valence-corrected chi connectivity index (χ0v) is 14.9. The lowest BCUT2D eigenvalue weighted by atomic mass is 9.88. The van der Waals surface area contributed by atoms with E-state index in [1.807, 2.05) is 23.6 Å². The molecule has 0 unspecified atom stereocenters. The highest BCUT2D eigenvalue weighted by Crippen LogP contribution is 2.33. The molecule has 0 radical (unpaired) electrons. The van der Waals surface area contributed by atoms with E-state index in [9.17, 15) is 9.59 Å². The van der Waals surface area contributed by atoms with Gasteiger partial charge in [0, 0.05) is 29.8 Å². The zero-order valence-electron chi connectivity index (χ0n) is 13.3. The van der Waals surface area contributed by atoms with Crippen LogP contribution in [-0.2, 0) is 24.2 Å². The van der Waals surface area contributed by atoms with E-state index in [0.717, 1.165) is 24.1 Å². The number of hydrogen-bond acceptors (Lipinski definition) is 4. The van der Waals surface area contributed by atoms with Crippen molar-refractivity contribution in [1.29, 1.82) is 0 Å². The van der Waals surface area contributed by atoms with Crippen molar-refractivity contribution < 1.29 is 9.59 Å². The first-order valence-corrected chi connectivity index (χ1v) is 9.37. The highest BCUT2D eigenvalue weighted by Gasteiger charge is 2.27. The van der Waals surface area contributed by atoms with E-state index in [-0.39, 0.29) is 17.7 Å². The summed E-state index contributed by atoms with van der Waals surface area (Å²) in [7, 11) is 3.53. The van der Waals surface area contributed by atoms with Gasteiger partial charge in [0.15, 0.2) is 0 Å². The number of thiophene rings is 2. The van der Waals surface area contributed by atoms with Crippen LogP contribution >= 0.6 is 22.7 Å². The van der Waals surface area contributed by atoms with Gasteiger partial charge >= 0.3 is 0 Å². The summed E-state index contributed by atoms with van der Waals surface area (Å²) in [6, 6.07) is 6.00. The highest BCUT2D eigenvalue weighted by atomic mass is 32.1. The highest BCUT2D eigenvalue weighted by molar-refractivity contribution is 7.14. The number of fused-ring (bicyclic) bond motifs is 1. The Bertz CT molecular complexity index is 704. The number of carbonyl (C=O) groups excluding carboxylic acids is 2. The molecule has 0 aromatic carbocycles. The van der Waals surface area contributed by atoms with Crippen molar-refractivity contribution in [3.63, 3.8) is 0 Å². The minimum absolute atomic E-state index is 0.0133. The summed E-state index contributed by atoms with van der Waals surface area (Å²) in [5.41, 5.74) is 1.17. The van der Waals surface area contributed by atoms with Crippen LogP contribution in [0.3, 0.4) is 0 Å². The van der Waals surface area contributed by atoms with Crippen LogP contribution in [0, 0.1) is 5.92 Å². The Morgan fingerprint density at radius 1 is 1.39 bits per heavy atom. The van der Waals surface area contributed by atoms with Crippen molar-refractivity contribution in [2.75, 3.05) is 14.1 Å². The Hall–Kier alpha value is -1.66. The maximum atomic E-state index is 12.4. The normalized spacial score (nSPS) is 16.7. The minimum Gasteiger partial charge on any atom is -0.351 e. The van der Waals surface area contributed by atoms with Gasteiger partial charge in [-0.3, -0.25) is 9.59 Å². The van der Waals surface area contributed by atoms with Crippen molar-refractivity contribution >= 4 is 34.5 Å². The molecule has 6 heteroatoms. The van der Waals surface area contributed by atoms with Crippen LogP contribution in [0.2, 0.25) is 0 Å². The van der Waals surface area contributed by atoms with Gasteiger partial charge < -0.3 is 10.2 Å². The fourth-order valence-electron chi connectivity index (χ4n) is 2.80. The van der Waals surface area contributed by atoms with Crippen LogP contribution in [0.4, 0.5) is 0 Å². The Kier molecular flexibility index (Phi) is 4.82. The molecule has 1 aliphatic carbocycles. The molecule has 1 N–H and O–H groups in total. The molecule has 0 aliphatic heterocycles. The third-order valence-corrected chi connectivity index (χ3v) is 6.19. The van der Waals surface area contributed by atoms with Crippen LogP contribution in [0.1, 0.15) is 31.4 Å². The van der Waals surface area contributed by atoms with Gasteiger partial charge in [-0.05, 0) is 42.3 Å². The number of amides is 2. The first-order chi connectivity index (χ1) is 11.0. The molecule has 4 nitrogen and oxygen atoms in total. The molecule has 0 bridgehead atoms. The van der Waals surface area contributed by atoms with Gasteiger partial charge in [-0.25, -0.2) is 0 Å². The lowest BCUT2D eigenvalue weighted by Crippen LogP contribution is -2.33. The van der Waals surface area contributed by atoms with Crippen LogP contribution in [0.5, 0.6) is 0 Å². The van der Waals surface area contributed by atoms with Crippen molar-refractivity contribution in [1.82, 2.24) is 10.2 Å². The van der Waals surface area contributed by atoms with E-state index in [4.69, 9.17) is 0 Å². The number of carbonyl (C=O) groups is 2. The van der Waals surface area contributed by atoms with E-state index < -0.39 is 0 Å². The van der Waals surface area contributed by atoms with Crippen LogP contribution < -0.4 is 5.32 Å². The number of hydrogen-bond donors (Lipinski definition) is 1. The Morgan fingerprint density at radius 3 is 2.91 bits per heavy atom. The third-order valence-electron chi connectivity index (χ3n) is 4.09. The van der Waals surface area contributed by atoms with Gasteiger partial charge in [0.1, 0.15) is 0 Å². The summed E-state index contributed by atoms with van der Waals surface area (Å²) in [6.45, 7) is 0.605. The monoisotopic (exact) mass is 348 g/mol. The quantitative estimate of drug-likeness (QED) is 0.923. The van der Waals surface area contributed by atoms with E-state index in [0.29, 0.717) is 6.54 Å². The average Bonchev–Trinajstić information content (AvgIpc) is 3.19. The molecule has 1 atom stereocenters. The topological polar surface area (TPSA) is 49.4 Å². The Morgan fingerprint density at radius 2 is 2.22 bits per heavy atom. The molecule has 2 amide bonds. The molecule has 0 spiro atoms. The number of rotatable bonds is 4. The Labute approximate surface area is 144 Å². The summed E-state index contributed by atoms with van der Waals surface area (Å²) in [4.78, 5) is 29.3. The molecular formula is C17H20N2O2S2. The molecule has 23 heavy (non-hydrogen) atoms. The lowest BCUT2D eigenvalue weighted by molar-refractivity contribution is -0.125. The van der Waals surface area contributed by atoms with Gasteiger partial charge in [0.05, 0.1) is 11.4 Å². The first kappa shape index (κ1) is 16.2. The second kappa shape index (κ2) is 6.84. The van der Waals surface area contributed by atoms with E-state index in [2.05, 4.69) is 5.32 Å². The number of aryl methyl sites for hydroxylation is 1. The molecule has 2 heterocycles. The summed E-state index contributed by atoms with van der Waals surface area (Å²) >= 11 is 3.23. The van der Waals surface area contributed by atoms with E-state index in [1.54, 1.807) is 41.7 Å².